The van der Waals surface area contributed by atoms with Crippen molar-refractivity contribution >= 4 is 11.9 Å². The lowest BCUT2D eigenvalue weighted by atomic mass is 10.1. The van der Waals surface area contributed by atoms with Crippen LogP contribution in [0, 0.1) is 0 Å². The lowest BCUT2D eigenvalue weighted by Gasteiger charge is -2.09. The van der Waals surface area contributed by atoms with Crippen LogP contribution in [0.25, 0.3) is 6.08 Å². The normalized spacial score (nSPS) is 10.5. The van der Waals surface area contributed by atoms with Crippen LogP contribution in [-0.4, -0.2) is 19.5 Å². The molecule has 0 atom stereocenters. The molecule has 0 unspecified atom stereocenters. The second-order valence-corrected chi connectivity index (χ2v) is 4.18. The maximum atomic E-state index is 11.8. The Morgan fingerprint density at radius 2 is 2.19 bits per heavy atom. The van der Waals surface area contributed by atoms with Crippen LogP contribution in [0.4, 0.5) is 0 Å². The Kier molecular flexibility index (Phi) is 4.99. The number of carbonyl (C=O) groups is 1. The van der Waals surface area contributed by atoms with Crippen LogP contribution in [0.15, 0.2) is 59.7 Å². The first-order chi connectivity index (χ1) is 10.2. The zero-order valence-corrected chi connectivity index (χ0v) is 11.7. The van der Waals surface area contributed by atoms with E-state index in [0.717, 1.165) is 5.56 Å². The van der Waals surface area contributed by atoms with Gasteiger partial charge in [0.05, 0.1) is 13.4 Å². The van der Waals surface area contributed by atoms with E-state index in [1.165, 1.54) is 12.3 Å². The van der Waals surface area contributed by atoms with Crippen LogP contribution >= 0.6 is 0 Å². The van der Waals surface area contributed by atoms with Gasteiger partial charge in [-0.3, -0.25) is 4.79 Å². The van der Waals surface area contributed by atoms with Crippen LogP contribution in [0.3, 0.4) is 0 Å². The van der Waals surface area contributed by atoms with Crippen molar-refractivity contribution in [1.29, 1.82) is 0 Å². The number of ether oxygens (including phenoxy) is 2. The van der Waals surface area contributed by atoms with Crippen molar-refractivity contribution < 1.29 is 18.7 Å². The highest BCUT2D eigenvalue weighted by molar-refractivity contribution is 6.04. The molecule has 0 fully saturated rings. The first-order valence-corrected chi connectivity index (χ1v) is 6.42. The largest absolute Gasteiger partial charge is 0.493 e. The van der Waals surface area contributed by atoms with E-state index < -0.39 is 0 Å². The molecule has 4 heteroatoms. The predicted octanol–water partition coefficient (Wildman–Crippen LogP) is 3.75. The number of furan rings is 1. The van der Waals surface area contributed by atoms with Crippen molar-refractivity contribution in [2.75, 3.05) is 13.7 Å². The highest BCUT2D eigenvalue weighted by atomic mass is 16.5. The van der Waals surface area contributed by atoms with Crippen LogP contribution in [0.5, 0.6) is 11.5 Å². The van der Waals surface area contributed by atoms with Gasteiger partial charge >= 0.3 is 0 Å². The molecule has 0 aliphatic heterocycles. The molecule has 1 heterocycles. The lowest BCUT2D eigenvalue weighted by Crippen LogP contribution is -1.96. The second kappa shape index (κ2) is 7.14. The molecule has 4 nitrogen and oxygen atoms in total. The van der Waals surface area contributed by atoms with E-state index in [1.807, 2.05) is 6.07 Å². The highest BCUT2D eigenvalue weighted by Crippen LogP contribution is 2.28. The first-order valence-electron chi connectivity index (χ1n) is 6.42. The van der Waals surface area contributed by atoms with Gasteiger partial charge in [-0.15, -0.1) is 0 Å². The molecule has 21 heavy (non-hydrogen) atoms. The summed E-state index contributed by atoms with van der Waals surface area (Å²) in [5, 5.41) is 0. The number of methoxy groups -OCH3 is 1. The summed E-state index contributed by atoms with van der Waals surface area (Å²) in [6.07, 6.45) is 6.29. The fourth-order valence-corrected chi connectivity index (χ4v) is 1.73. The highest BCUT2D eigenvalue weighted by Gasteiger charge is 2.06. The van der Waals surface area contributed by atoms with Crippen LogP contribution < -0.4 is 9.47 Å². The standard InChI is InChI=1S/C17H16O4/c1-3-10-20-16-9-7-13(12-17(16)19-2)6-8-14(18)15-5-4-11-21-15/h3-9,11-12H,1,10H2,2H3/b8-6+. The van der Waals surface area contributed by atoms with Gasteiger partial charge in [0, 0.05) is 0 Å². The summed E-state index contributed by atoms with van der Waals surface area (Å²) in [5.41, 5.74) is 0.831. The number of carbonyl (C=O) groups excluding carboxylic acids is 1. The summed E-state index contributed by atoms with van der Waals surface area (Å²) in [6.45, 7) is 4.00. The number of hydrogen-bond donors (Lipinski definition) is 0. The van der Waals surface area contributed by atoms with Gasteiger partial charge in [0.2, 0.25) is 5.78 Å². The van der Waals surface area contributed by atoms with E-state index >= 15 is 0 Å². The van der Waals surface area contributed by atoms with E-state index in [4.69, 9.17) is 13.9 Å². The molecule has 108 valence electrons. The molecule has 0 bridgehead atoms. The smallest absolute Gasteiger partial charge is 0.221 e. The van der Waals surface area contributed by atoms with E-state index in [2.05, 4.69) is 6.58 Å². The maximum absolute atomic E-state index is 11.8. The molecule has 0 amide bonds. The zero-order valence-electron chi connectivity index (χ0n) is 11.7. The summed E-state index contributed by atoms with van der Waals surface area (Å²) in [6, 6.07) is 8.73. The van der Waals surface area contributed by atoms with Crippen molar-refractivity contribution in [2.24, 2.45) is 0 Å². The number of allylic oxidation sites excluding steroid dienone is 1. The van der Waals surface area contributed by atoms with Gasteiger partial charge in [0.15, 0.2) is 17.3 Å². The molecular weight excluding hydrogens is 268 g/mol. The molecule has 0 saturated carbocycles. The Bertz CT molecular complexity index is 639. The number of benzene rings is 1. The van der Waals surface area contributed by atoms with Gasteiger partial charge in [-0.25, -0.2) is 0 Å². The Morgan fingerprint density at radius 1 is 1.33 bits per heavy atom. The summed E-state index contributed by atoms with van der Waals surface area (Å²) in [7, 11) is 1.57. The second-order valence-electron chi connectivity index (χ2n) is 4.18. The number of hydrogen-bond acceptors (Lipinski definition) is 4. The van der Waals surface area contributed by atoms with Crippen molar-refractivity contribution in [3.63, 3.8) is 0 Å². The quantitative estimate of drug-likeness (QED) is 0.441. The first kappa shape index (κ1) is 14.7. The topological polar surface area (TPSA) is 48.7 Å². The minimum absolute atomic E-state index is 0.189. The monoisotopic (exact) mass is 284 g/mol. The summed E-state index contributed by atoms with van der Waals surface area (Å²) < 4.78 is 15.8. The Labute approximate surface area is 123 Å². The van der Waals surface area contributed by atoms with E-state index in [0.29, 0.717) is 23.9 Å². The van der Waals surface area contributed by atoms with E-state index in [9.17, 15) is 4.79 Å². The van der Waals surface area contributed by atoms with E-state index in [1.54, 1.807) is 43.5 Å². The Morgan fingerprint density at radius 3 is 2.86 bits per heavy atom. The fourth-order valence-electron chi connectivity index (χ4n) is 1.73. The van der Waals surface area contributed by atoms with Gasteiger partial charge in [0.1, 0.15) is 6.61 Å². The summed E-state index contributed by atoms with van der Waals surface area (Å²) in [5.74, 6) is 1.35. The average Bonchev–Trinajstić information content (AvgIpc) is 3.05. The molecule has 0 aliphatic carbocycles. The average molecular weight is 284 g/mol. The number of ketones is 1. The SMILES string of the molecule is C=CCOc1ccc(/C=C/C(=O)c2ccco2)cc1OC. The van der Waals surface area contributed by atoms with Crippen LogP contribution in [0.1, 0.15) is 16.1 Å². The maximum Gasteiger partial charge on any atom is 0.221 e. The molecule has 0 aliphatic rings. The minimum atomic E-state index is -0.189. The van der Waals surface area contributed by atoms with Crippen molar-refractivity contribution in [1.82, 2.24) is 0 Å². The Balaban J connectivity index is 2.13. The molecule has 0 N–H and O–H groups in total. The molecule has 0 radical (unpaired) electrons. The molecule has 0 saturated heterocycles. The zero-order chi connectivity index (χ0) is 15.1. The van der Waals surface area contributed by atoms with Gasteiger partial charge in [-0.05, 0) is 35.9 Å². The minimum Gasteiger partial charge on any atom is -0.493 e. The lowest BCUT2D eigenvalue weighted by molar-refractivity contribution is 0.102. The van der Waals surface area contributed by atoms with Gasteiger partial charge < -0.3 is 13.9 Å². The molecule has 1 aromatic heterocycles. The Hall–Kier alpha value is -2.75. The summed E-state index contributed by atoms with van der Waals surface area (Å²) in [4.78, 5) is 11.8. The van der Waals surface area contributed by atoms with Crippen molar-refractivity contribution in [3.8, 4) is 11.5 Å². The molecule has 2 aromatic rings. The van der Waals surface area contributed by atoms with Crippen LogP contribution in [-0.2, 0) is 0 Å². The number of rotatable bonds is 7. The molecular formula is C17H16O4. The predicted molar refractivity (Wildman–Crippen MR) is 80.8 cm³/mol. The third kappa shape index (κ3) is 3.86. The van der Waals surface area contributed by atoms with Crippen LogP contribution in [0.2, 0.25) is 0 Å². The third-order valence-corrected chi connectivity index (χ3v) is 2.74. The third-order valence-electron chi connectivity index (χ3n) is 2.74. The molecule has 1 aromatic carbocycles. The van der Waals surface area contributed by atoms with E-state index in [-0.39, 0.29) is 5.78 Å². The molecule has 2 rings (SSSR count). The van der Waals surface area contributed by atoms with Gasteiger partial charge in [-0.1, -0.05) is 24.8 Å². The van der Waals surface area contributed by atoms with Crippen molar-refractivity contribution in [2.45, 2.75) is 0 Å². The van der Waals surface area contributed by atoms with Crippen molar-refractivity contribution in [3.05, 3.63) is 66.6 Å². The fraction of sp³-hybridized carbons (Fsp3) is 0.118. The van der Waals surface area contributed by atoms with Gasteiger partial charge in [-0.2, -0.15) is 0 Å². The molecule has 0 spiro atoms. The van der Waals surface area contributed by atoms with Gasteiger partial charge in [0.25, 0.3) is 0 Å². The summed E-state index contributed by atoms with van der Waals surface area (Å²) >= 11 is 0.